The number of hydrogen-bond donors (Lipinski definition) is 1. The van der Waals surface area contributed by atoms with Gasteiger partial charge in [0, 0.05) is 16.6 Å². The zero-order chi connectivity index (χ0) is 16.8. The van der Waals surface area contributed by atoms with E-state index in [0.717, 1.165) is 23.0 Å². The Morgan fingerprint density at radius 1 is 1.30 bits per heavy atom. The van der Waals surface area contributed by atoms with Gasteiger partial charge in [0.2, 0.25) is 5.84 Å². The van der Waals surface area contributed by atoms with Crippen molar-refractivity contribution in [2.45, 2.75) is 52.1 Å². The van der Waals surface area contributed by atoms with E-state index < -0.39 is 0 Å². The van der Waals surface area contributed by atoms with Gasteiger partial charge in [0.05, 0.1) is 12.3 Å². The minimum atomic E-state index is -0.377. The Bertz CT molecular complexity index is 549. The van der Waals surface area contributed by atoms with E-state index >= 15 is 0 Å². The smallest absolute Gasteiger partial charge is 0.376 e. The first-order valence-electron chi connectivity index (χ1n) is 8.07. The molecule has 1 N–H and O–H groups in total. The van der Waals surface area contributed by atoms with Crippen LogP contribution in [0.5, 0.6) is 0 Å². The molecule has 5 nitrogen and oxygen atoms in total. The van der Waals surface area contributed by atoms with Crippen LogP contribution in [0.3, 0.4) is 0 Å². The SMILES string of the molecule is CCOC(=O)C(=NNc1ccc(Br)cc1)N1C(C)CCCC1C. The number of hydrogen-bond acceptors (Lipinski definition) is 4. The van der Waals surface area contributed by atoms with Crippen molar-refractivity contribution in [1.82, 2.24) is 4.90 Å². The number of benzene rings is 1. The number of carbonyl (C=O) groups is 1. The van der Waals surface area contributed by atoms with Gasteiger partial charge in [-0.1, -0.05) is 15.9 Å². The zero-order valence-electron chi connectivity index (χ0n) is 13.9. The van der Waals surface area contributed by atoms with Crippen LogP contribution in [0.4, 0.5) is 5.69 Å². The number of halogens is 1. The fraction of sp³-hybridized carbons (Fsp3) is 0.529. The Kier molecular flexibility index (Phi) is 6.45. The number of nitrogens with one attached hydrogen (secondary N) is 1. The van der Waals surface area contributed by atoms with Crippen LogP contribution >= 0.6 is 15.9 Å². The van der Waals surface area contributed by atoms with Gasteiger partial charge < -0.3 is 9.64 Å². The number of piperidine rings is 1. The molecular formula is C17H24BrN3O2. The van der Waals surface area contributed by atoms with Crippen LogP contribution < -0.4 is 5.43 Å². The summed E-state index contributed by atoms with van der Waals surface area (Å²) in [5.41, 5.74) is 3.80. The minimum absolute atomic E-state index is 0.272. The number of rotatable bonds is 3. The number of anilines is 1. The molecule has 1 saturated heterocycles. The first kappa shape index (κ1) is 17.8. The van der Waals surface area contributed by atoms with E-state index in [0.29, 0.717) is 12.4 Å². The van der Waals surface area contributed by atoms with Crippen molar-refractivity contribution in [2.24, 2.45) is 5.10 Å². The van der Waals surface area contributed by atoms with E-state index in [1.54, 1.807) is 6.92 Å². The molecule has 0 aliphatic carbocycles. The van der Waals surface area contributed by atoms with E-state index in [4.69, 9.17) is 4.74 Å². The van der Waals surface area contributed by atoms with E-state index in [1.165, 1.54) is 6.42 Å². The van der Waals surface area contributed by atoms with Crippen LogP contribution in [0.25, 0.3) is 0 Å². The van der Waals surface area contributed by atoms with Gasteiger partial charge in [-0.2, -0.15) is 0 Å². The summed E-state index contributed by atoms with van der Waals surface area (Å²) in [6.07, 6.45) is 3.29. The molecule has 2 unspecified atom stereocenters. The standard InChI is InChI=1S/C17H24BrN3O2/c1-4-23-17(22)16(21-12(2)6-5-7-13(21)3)20-19-15-10-8-14(18)9-11-15/h8-13,19H,4-7H2,1-3H3. The maximum atomic E-state index is 12.4. The van der Waals surface area contributed by atoms with Gasteiger partial charge >= 0.3 is 5.97 Å². The summed E-state index contributed by atoms with van der Waals surface area (Å²) in [7, 11) is 0. The molecule has 1 aliphatic rings. The van der Waals surface area contributed by atoms with E-state index in [2.05, 4.69) is 45.2 Å². The molecule has 0 spiro atoms. The quantitative estimate of drug-likeness (QED) is 0.372. The molecule has 1 heterocycles. The largest absolute Gasteiger partial charge is 0.460 e. The molecule has 2 atom stereocenters. The molecule has 0 aromatic heterocycles. The van der Waals surface area contributed by atoms with E-state index in [-0.39, 0.29) is 18.1 Å². The van der Waals surface area contributed by atoms with Gasteiger partial charge in [0.15, 0.2) is 0 Å². The molecule has 0 saturated carbocycles. The summed E-state index contributed by atoms with van der Waals surface area (Å²) in [6.45, 7) is 6.40. The highest BCUT2D eigenvalue weighted by molar-refractivity contribution is 9.10. The summed E-state index contributed by atoms with van der Waals surface area (Å²) in [6, 6.07) is 8.20. The molecular weight excluding hydrogens is 358 g/mol. The Morgan fingerprint density at radius 2 is 1.91 bits per heavy atom. The molecule has 0 radical (unpaired) electrons. The van der Waals surface area contributed by atoms with Crippen LogP contribution in [0.2, 0.25) is 0 Å². The number of hydrazone groups is 1. The predicted molar refractivity (Wildman–Crippen MR) is 96.4 cm³/mol. The minimum Gasteiger partial charge on any atom is -0.460 e. The molecule has 1 aromatic rings. The van der Waals surface area contributed by atoms with Gasteiger partial charge in [-0.15, -0.1) is 5.10 Å². The highest BCUT2D eigenvalue weighted by Gasteiger charge is 2.32. The molecule has 0 amide bonds. The highest BCUT2D eigenvalue weighted by atomic mass is 79.9. The van der Waals surface area contributed by atoms with E-state index in [1.807, 2.05) is 24.3 Å². The monoisotopic (exact) mass is 381 g/mol. The number of carbonyl (C=O) groups excluding carboxylic acids is 1. The van der Waals surface area contributed by atoms with Gasteiger partial charge in [-0.05, 0) is 64.3 Å². The lowest BCUT2D eigenvalue weighted by molar-refractivity contribution is -0.136. The zero-order valence-corrected chi connectivity index (χ0v) is 15.5. The van der Waals surface area contributed by atoms with Gasteiger partial charge in [-0.25, -0.2) is 4.79 Å². The maximum absolute atomic E-state index is 12.4. The van der Waals surface area contributed by atoms with Gasteiger partial charge in [-0.3, -0.25) is 5.43 Å². The highest BCUT2D eigenvalue weighted by Crippen LogP contribution is 2.23. The summed E-state index contributed by atoms with van der Waals surface area (Å²) < 4.78 is 6.20. The average molecular weight is 382 g/mol. The van der Waals surface area contributed by atoms with Crippen molar-refractivity contribution in [1.29, 1.82) is 0 Å². The molecule has 126 valence electrons. The lowest BCUT2D eigenvalue weighted by Crippen LogP contribution is -2.51. The first-order valence-corrected chi connectivity index (χ1v) is 8.87. The normalized spacial score (nSPS) is 21.9. The third kappa shape index (κ3) is 4.70. The fourth-order valence-electron chi connectivity index (χ4n) is 2.89. The Labute approximate surface area is 146 Å². The number of amidine groups is 1. The number of esters is 1. The van der Waals surface area contributed by atoms with Crippen LogP contribution in [0, 0.1) is 0 Å². The number of nitrogens with zero attached hydrogens (tertiary/aromatic N) is 2. The molecule has 2 rings (SSSR count). The average Bonchev–Trinajstić information content (AvgIpc) is 2.52. The second-order valence-corrected chi connectivity index (χ2v) is 6.73. The van der Waals surface area contributed by atoms with Crippen LogP contribution in [-0.2, 0) is 9.53 Å². The lowest BCUT2D eigenvalue weighted by Gasteiger charge is -2.40. The molecule has 23 heavy (non-hydrogen) atoms. The van der Waals surface area contributed by atoms with Crippen molar-refractivity contribution in [3.8, 4) is 0 Å². The van der Waals surface area contributed by atoms with Crippen LogP contribution in [0.1, 0.15) is 40.0 Å². The molecule has 1 aliphatic heterocycles. The number of ether oxygens (including phenoxy) is 1. The van der Waals surface area contributed by atoms with E-state index in [9.17, 15) is 4.79 Å². The van der Waals surface area contributed by atoms with Crippen molar-refractivity contribution in [3.63, 3.8) is 0 Å². The molecule has 1 aromatic carbocycles. The third-order valence-electron chi connectivity index (χ3n) is 4.03. The van der Waals surface area contributed by atoms with Gasteiger partial charge in [0.25, 0.3) is 0 Å². The van der Waals surface area contributed by atoms with Crippen molar-refractivity contribution in [2.75, 3.05) is 12.0 Å². The lowest BCUT2D eigenvalue weighted by atomic mass is 9.97. The fourth-order valence-corrected chi connectivity index (χ4v) is 3.15. The van der Waals surface area contributed by atoms with Gasteiger partial charge in [0.1, 0.15) is 0 Å². The van der Waals surface area contributed by atoms with Crippen LogP contribution in [0.15, 0.2) is 33.8 Å². The Morgan fingerprint density at radius 3 is 2.48 bits per heavy atom. The summed E-state index contributed by atoms with van der Waals surface area (Å²) in [4.78, 5) is 14.4. The second kappa shape index (κ2) is 8.34. The molecule has 0 bridgehead atoms. The maximum Gasteiger partial charge on any atom is 0.376 e. The van der Waals surface area contributed by atoms with Crippen molar-refractivity contribution < 1.29 is 9.53 Å². The number of likely N-dealkylation sites (tertiary alicyclic amines) is 1. The molecule has 6 heteroatoms. The summed E-state index contributed by atoms with van der Waals surface area (Å²) >= 11 is 3.40. The van der Waals surface area contributed by atoms with Crippen molar-refractivity contribution in [3.05, 3.63) is 28.7 Å². The first-order chi connectivity index (χ1) is 11.0. The topological polar surface area (TPSA) is 53.9 Å². The van der Waals surface area contributed by atoms with Crippen LogP contribution in [-0.4, -0.2) is 35.4 Å². The predicted octanol–water partition coefficient (Wildman–Crippen LogP) is 4.00. The second-order valence-electron chi connectivity index (χ2n) is 5.81. The summed E-state index contributed by atoms with van der Waals surface area (Å²) in [5.74, 6) is -0.0211. The summed E-state index contributed by atoms with van der Waals surface area (Å²) in [5, 5.41) is 4.37. The molecule has 1 fully saturated rings. The van der Waals surface area contributed by atoms with Crippen molar-refractivity contribution >= 4 is 33.4 Å². The Balaban J connectivity index is 2.23. The Hall–Kier alpha value is -1.56. The third-order valence-corrected chi connectivity index (χ3v) is 4.56.